The molecule has 1 atom stereocenters. The predicted molar refractivity (Wildman–Crippen MR) is 97.0 cm³/mol. The molecule has 0 bridgehead atoms. The molecule has 27 heavy (non-hydrogen) atoms. The third-order valence-corrected chi connectivity index (χ3v) is 4.41. The van der Waals surface area contributed by atoms with Crippen LogP contribution in [0.4, 0.5) is 0 Å². The lowest BCUT2D eigenvalue weighted by molar-refractivity contribution is 0.0660. The number of hydrogen-bond acceptors (Lipinski definition) is 6. The van der Waals surface area contributed by atoms with Crippen LogP contribution in [-0.4, -0.2) is 30.8 Å². The maximum Gasteiger partial charge on any atom is 0.310 e. The molecule has 0 radical (unpaired) electrons. The number of carbonyl (C=O) groups is 1. The van der Waals surface area contributed by atoms with Crippen LogP contribution in [0, 0.1) is 0 Å². The van der Waals surface area contributed by atoms with Gasteiger partial charge in [-0.3, -0.25) is 4.79 Å². The lowest BCUT2D eigenvalue weighted by Crippen LogP contribution is -2.26. The molecule has 7 nitrogen and oxygen atoms in total. The van der Waals surface area contributed by atoms with Crippen LogP contribution >= 0.6 is 0 Å². The fourth-order valence-corrected chi connectivity index (χ4v) is 3.06. The van der Waals surface area contributed by atoms with Crippen LogP contribution in [0.5, 0.6) is 11.5 Å². The lowest BCUT2D eigenvalue weighted by atomic mass is 10.0. The molecule has 3 heterocycles. The lowest BCUT2D eigenvalue weighted by Gasteiger charge is -2.18. The Labute approximate surface area is 155 Å². The van der Waals surface area contributed by atoms with Gasteiger partial charge in [0.15, 0.2) is 5.76 Å². The summed E-state index contributed by atoms with van der Waals surface area (Å²) in [6, 6.07) is 12.1. The number of carbonyl (C=O) groups excluding carboxylic acids is 1. The minimum atomic E-state index is -0.357. The largest absolute Gasteiger partial charge is 0.497 e. The van der Waals surface area contributed by atoms with Crippen LogP contribution in [0.3, 0.4) is 0 Å². The number of nitrogens with zero attached hydrogens (tertiary/aromatic N) is 2. The molecule has 0 N–H and O–H groups in total. The van der Waals surface area contributed by atoms with Gasteiger partial charge in [-0.15, -0.1) is 0 Å². The minimum absolute atomic E-state index is 0.222. The van der Waals surface area contributed by atoms with Crippen molar-refractivity contribution in [2.45, 2.75) is 12.5 Å². The molecule has 0 spiro atoms. The quantitative estimate of drug-likeness (QED) is 0.685. The van der Waals surface area contributed by atoms with Gasteiger partial charge in [-0.05, 0) is 36.4 Å². The van der Waals surface area contributed by atoms with E-state index in [1.54, 1.807) is 44.7 Å². The number of hydrogen-bond donors (Lipinski definition) is 0. The molecule has 7 heteroatoms. The van der Waals surface area contributed by atoms with Crippen LogP contribution < -0.4 is 9.47 Å². The van der Waals surface area contributed by atoms with Crippen molar-refractivity contribution in [3.05, 3.63) is 72.1 Å². The molecule has 4 rings (SSSR count). The fourth-order valence-electron chi connectivity index (χ4n) is 3.06. The number of furan rings is 2. The zero-order valence-electron chi connectivity index (χ0n) is 14.9. The third kappa shape index (κ3) is 3.19. The highest BCUT2D eigenvalue weighted by Crippen LogP contribution is 2.35. The summed E-state index contributed by atoms with van der Waals surface area (Å²) >= 11 is 0. The van der Waals surface area contributed by atoms with Gasteiger partial charge in [-0.1, -0.05) is 0 Å². The van der Waals surface area contributed by atoms with Crippen molar-refractivity contribution in [3.63, 3.8) is 0 Å². The van der Waals surface area contributed by atoms with E-state index < -0.39 is 0 Å². The summed E-state index contributed by atoms with van der Waals surface area (Å²) in [6.45, 7) is 0. The highest BCUT2D eigenvalue weighted by molar-refractivity contribution is 6.05. The highest BCUT2D eigenvalue weighted by atomic mass is 16.5. The molecule has 0 saturated heterocycles. The van der Waals surface area contributed by atoms with Crippen molar-refractivity contribution in [2.24, 2.45) is 5.10 Å². The molecule has 0 fully saturated rings. The van der Waals surface area contributed by atoms with Gasteiger partial charge >= 0.3 is 5.91 Å². The van der Waals surface area contributed by atoms with Gasteiger partial charge in [0.05, 0.1) is 32.5 Å². The van der Waals surface area contributed by atoms with Crippen molar-refractivity contribution in [2.75, 3.05) is 14.2 Å². The SMILES string of the molecule is COc1cc(OC)cc(C2=NN(C(=O)c3ccco3)[C@@H](c3ccco3)C2)c1. The number of methoxy groups -OCH3 is 2. The number of amides is 1. The molecule has 0 saturated carbocycles. The Morgan fingerprint density at radius 3 is 2.37 bits per heavy atom. The minimum Gasteiger partial charge on any atom is -0.497 e. The third-order valence-electron chi connectivity index (χ3n) is 4.41. The van der Waals surface area contributed by atoms with Crippen LogP contribution in [-0.2, 0) is 0 Å². The Morgan fingerprint density at radius 2 is 1.78 bits per heavy atom. The molecule has 0 aliphatic carbocycles. The van der Waals surface area contributed by atoms with Gasteiger partial charge in [0.2, 0.25) is 0 Å². The van der Waals surface area contributed by atoms with Gasteiger partial charge in [-0.25, -0.2) is 5.01 Å². The Morgan fingerprint density at radius 1 is 1.07 bits per heavy atom. The smallest absolute Gasteiger partial charge is 0.310 e. The maximum atomic E-state index is 12.9. The first kappa shape index (κ1) is 17.0. The van der Waals surface area contributed by atoms with Gasteiger partial charge in [0.25, 0.3) is 0 Å². The molecular formula is C20H18N2O5. The second-order valence-corrected chi connectivity index (χ2v) is 6.01. The van der Waals surface area contributed by atoms with Gasteiger partial charge in [0.1, 0.15) is 23.3 Å². The van der Waals surface area contributed by atoms with E-state index in [0.29, 0.717) is 23.7 Å². The number of ether oxygens (including phenoxy) is 2. The van der Waals surface area contributed by atoms with Crippen molar-refractivity contribution >= 4 is 11.6 Å². The Balaban J connectivity index is 1.74. The first-order valence-corrected chi connectivity index (χ1v) is 8.41. The van der Waals surface area contributed by atoms with E-state index in [-0.39, 0.29) is 17.7 Å². The summed E-state index contributed by atoms with van der Waals surface area (Å²) in [5.41, 5.74) is 1.55. The van der Waals surface area contributed by atoms with E-state index in [2.05, 4.69) is 5.10 Å². The predicted octanol–water partition coefficient (Wildman–Crippen LogP) is 3.88. The summed E-state index contributed by atoms with van der Waals surface area (Å²) in [5, 5.41) is 5.97. The zero-order chi connectivity index (χ0) is 18.8. The van der Waals surface area contributed by atoms with E-state index >= 15 is 0 Å². The molecule has 1 aliphatic heterocycles. The average Bonchev–Trinajstić information content (AvgIpc) is 3.47. The van der Waals surface area contributed by atoms with Gasteiger partial charge in [-0.2, -0.15) is 5.10 Å². The van der Waals surface area contributed by atoms with Crippen molar-refractivity contribution in [1.82, 2.24) is 5.01 Å². The van der Waals surface area contributed by atoms with E-state index in [9.17, 15) is 4.79 Å². The molecule has 1 amide bonds. The fraction of sp³-hybridized carbons (Fsp3) is 0.200. The summed E-state index contributed by atoms with van der Waals surface area (Å²) in [7, 11) is 3.18. The highest BCUT2D eigenvalue weighted by Gasteiger charge is 2.36. The number of benzene rings is 1. The van der Waals surface area contributed by atoms with Crippen molar-refractivity contribution in [1.29, 1.82) is 0 Å². The van der Waals surface area contributed by atoms with Crippen LogP contribution in [0.2, 0.25) is 0 Å². The molecule has 3 aromatic rings. The summed E-state index contributed by atoms with van der Waals surface area (Å²) in [4.78, 5) is 12.9. The first-order chi connectivity index (χ1) is 13.2. The number of rotatable bonds is 5. The Bertz CT molecular complexity index is 938. The monoisotopic (exact) mass is 366 g/mol. The van der Waals surface area contributed by atoms with Crippen LogP contribution in [0.1, 0.15) is 34.3 Å². The maximum absolute atomic E-state index is 12.9. The first-order valence-electron chi connectivity index (χ1n) is 8.41. The van der Waals surface area contributed by atoms with Gasteiger partial charge in [0, 0.05) is 18.1 Å². The molecular weight excluding hydrogens is 348 g/mol. The van der Waals surface area contributed by atoms with E-state index in [4.69, 9.17) is 18.3 Å². The molecule has 2 aromatic heterocycles. The molecule has 1 aromatic carbocycles. The second-order valence-electron chi connectivity index (χ2n) is 6.01. The van der Waals surface area contributed by atoms with Gasteiger partial charge < -0.3 is 18.3 Å². The van der Waals surface area contributed by atoms with E-state index in [1.165, 1.54) is 11.3 Å². The van der Waals surface area contributed by atoms with E-state index in [0.717, 1.165) is 11.3 Å². The van der Waals surface area contributed by atoms with Crippen molar-refractivity contribution in [3.8, 4) is 11.5 Å². The zero-order valence-corrected chi connectivity index (χ0v) is 14.9. The average molecular weight is 366 g/mol. The van der Waals surface area contributed by atoms with Crippen LogP contribution in [0.15, 0.2) is 68.9 Å². The number of hydrazone groups is 1. The summed E-state index contributed by atoms with van der Waals surface area (Å²) < 4.78 is 21.5. The second kappa shape index (κ2) is 7.03. The Hall–Kier alpha value is -3.48. The van der Waals surface area contributed by atoms with E-state index in [1.807, 2.05) is 18.2 Å². The normalized spacial score (nSPS) is 16.3. The summed E-state index contributed by atoms with van der Waals surface area (Å²) in [5.74, 6) is 1.85. The van der Waals surface area contributed by atoms with Crippen molar-refractivity contribution < 1.29 is 23.1 Å². The molecule has 0 unspecified atom stereocenters. The Kier molecular flexibility index (Phi) is 4.42. The molecule has 138 valence electrons. The topological polar surface area (TPSA) is 77.4 Å². The summed E-state index contributed by atoms with van der Waals surface area (Å²) in [6.07, 6.45) is 3.54. The standard InChI is InChI=1S/C20H18N2O5/c1-24-14-9-13(10-15(11-14)25-2)16-12-17(18-5-3-7-26-18)22(21-16)20(23)19-6-4-8-27-19/h3-11,17H,12H2,1-2H3/t17-/m1/s1. The van der Waals surface area contributed by atoms with Crippen LogP contribution in [0.25, 0.3) is 0 Å². The molecule has 1 aliphatic rings.